The Balaban J connectivity index is 2.12. The van der Waals surface area contributed by atoms with E-state index in [9.17, 15) is 10.1 Å². The number of non-ortho nitro benzene ring substituents is 1. The first-order valence-electron chi connectivity index (χ1n) is 6.47. The summed E-state index contributed by atoms with van der Waals surface area (Å²) in [4.78, 5) is 10.4. The molecule has 0 saturated heterocycles. The lowest BCUT2D eigenvalue weighted by Crippen LogP contribution is -2.24. The second-order valence-electron chi connectivity index (χ2n) is 4.84. The van der Waals surface area contributed by atoms with Gasteiger partial charge in [-0.05, 0) is 25.5 Å². The van der Waals surface area contributed by atoms with Crippen molar-refractivity contribution in [3.8, 4) is 0 Å². The highest BCUT2D eigenvalue weighted by molar-refractivity contribution is 5.35. The van der Waals surface area contributed by atoms with Gasteiger partial charge in [-0.25, -0.2) is 0 Å². The Morgan fingerprint density at radius 1 is 1.30 bits per heavy atom. The van der Waals surface area contributed by atoms with E-state index in [1.807, 2.05) is 37.7 Å². The van der Waals surface area contributed by atoms with E-state index in [2.05, 4.69) is 10.4 Å². The quantitative estimate of drug-likeness (QED) is 0.672. The zero-order valence-corrected chi connectivity index (χ0v) is 11.8. The van der Waals surface area contributed by atoms with Crippen molar-refractivity contribution in [2.45, 2.75) is 25.9 Å². The second kappa shape index (κ2) is 5.83. The zero-order valence-electron chi connectivity index (χ0n) is 11.8. The first-order chi connectivity index (χ1) is 9.49. The number of nitro groups is 1. The molecular weight excluding hydrogens is 256 g/mol. The van der Waals surface area contributed by atoms with Crippen LogP contribution in [0.1, 0.15) is 37.2 Å². The predicted octanol–water partition coefficient (Wildman–Crippen LogP) is 2.74. The third-order valence-electron chi connectivity index (χ3n) is 3.38. The molecule has 0 amide bonds. The Kier molecular flexibility index (Phi) is 4.14. The number of aryl methyl sites for hydroxylation is 1. The Morgan fingerprint density at radius 3 is 2.65 bits per heavy atom. The van der Waals surface area contributed by atoms with Crippen LogP contribution in [0.25, 0.3) is 0 Å². The molecule has 1 aromatic carbocycles. The minimum absolute atomic E-state index is 0.0137. The maximum atomic E-state index is 10.8. The first kappa shape index (κ1) is 14.2. The van der Waals surface area contributed by atoms with Crippen molar-refractivity contribution in [1.82, 2.24) is 15.1 Å². The van der Waals surface area contributed by atoms with Gasteiger partial charge < -0.3 is 5.32 Å². The molecule has 1 aromatic heterocycles. The van der Waals surface area contributed by atoms with Crippen LogP contribution in [-0.4, -0.2) is 14.7 Å². The Labute approximate surface area is 117 Å². The molecule has 20 heavy (non-hydrogen) atoms. The molecule has 6 nitrogen and oxygen atoms in total. The summed E-state index contributed by atoms with van der Waals surface area (Å²) in [7, 11) is 1.89. The van der Waals surface area contributed by atoms with Gasteiger partial charge in [0.1, 0.15) is 0 Å². The van der Waals surface area contributed by atoms with Crippen molar-refractivity contribution < 1.29 is 4.92 Å². The molecule has 0 saturated carbocycles. The summed E-state index contributed by atoms with van der Waals surface area (Å²) in [6.45, 7) is 4.04. The number of hydrogen-bond donors (Lipinski definition) is 1. The minimum atomic E-state index is -0.374. The van der Waals surface area contributed by atoms with Gasteiger partial charge in [-0.2, -0.15) is 5.10 Å². The lowest BCUT2D eigenvalue weighted by atomic mass is 10.1. The van der Waals surface area contributed by atoms with Crippen LogP contribution in [0.3, 0.4) is 0 Å². The number of nitrogens with zero attached hydrogens (tertiary/aromatic N) is 3. The van der Waals surface area contributed by atoms with Crippen molar-refractivity contribution in [2.24, 2.45) is 7.05 Å². The molecule has 0 radical (unpaired) electrons. The molecule has 106 valence electrons. The average molecular weight is 274 g/mol. The zero-order chi connectivity index (χ0) is 14.7. The lowest BCUT2D eigenvalue weighted by Gasteiger charge is -2.20. The van der Waals surface area contributed by atoms with Crippen molar-refractivity contribution in [1.29, 1.82) is 0 Å². The summed E-state index contributed by atoms with van der Waals surface area (Å²) in [5, 5.41) is 18.4. The van der Waals surface area contributed by atoms with Crippen molar-refractivity contribution >= 4 is 5.69 Å². The molecule has 1 N–H and O–H groups in total. The number of hydrogen-bond acceptors (Lipinski definition) is 4. The molecule has 0 aliphatic heterocycles. The molecule has 2 unspecified atom stereocenters. The number of nitrogens with one attached hydrogen (secondary N) is 1. The highest BCUT2D eigenvalue weighted by Crippen LogP contribution is 2.22. The highest BCUT2D eigenvalue weighted by atomic mass is 16.6. The van der Waals surface area contributed by atoms with Crippen LogP contribution >= 0.6 is 0 Å². The monoisotopic (exact) mass is 274 g/mol. The maximum absolute atomic E-state index is 10.8. The van der Waals surface area contributed by atoms with Gasteiger partial charge in [0, 0.05) is 37.5 Å². The van der Waals surface area contributed by atoms with E-state index in [1.54, 1.807) is 18.3 Å². The van der Waals surface area contributed by atoms with E-state index in [-0.39, 0.29) is 22.7 Å². The summed E-state index contributed by atoms with van der Waals surface area (Å²) in [6, 6.07) is 8.78. The summed E-state index contributed by atoms with van der Waals surface area (Å²) in [5.41, 5.74) is 2.08. The van der Waals surface area contributed by atoms with Crippen LogP contribution in [0.4, 0.5) is 5.69 Å². The molecule has 0 fully saturated rings. The van der Waals surface area contributed by atoms with E-state index in [0.29, 0.717) is 0 Å². The Morgan fingerprint density at radius 2 is 2.05 bits per heavy atom. The standard InChI is InChI=1S/C14H18N4O2/c1-10(12-5-4-6-13(9-12)18(19)20)16-11(2)14-7-8-15-17(14)3/h4-11,16H,1-3H3. The van der Waals surface area contributed by atoms with E-state index >= 15 is 0 Å². The fourth-order valence-electron chi connectivity index (χ4n) is 2.27. The van der Waals surface area contributed by atoms with Gasteiger partial charge in [0.05, 0.1) is 10.6 Å². The molecule has 0 bridgehead atoms. The molecule has 2 rings (SSSR count). The van der Waals surface area contributed by atoms with Crippen LogP contribution in [0, 0.1) is 10.1 Å². The summed E-state index contributed by atoms with van der Waals surface area (Å²) in [6.07, 6.45) is 1.76. The molecule has 1 heterocycles. The third kappa shape index (κ3) is 3.03. The second-order valence-corrected chi connectivity index (χ2v) is 4.84. The minimum Gasteiger partial charge on any atom is -0.302 e. The van der Waals surface area contributed by atoms with Gasteiger partial charge in [0.25, 0.3) is 5.69 Å². The largest absolute Gasteiger partial charge is 0.302 e. The van der Waals surface area contributed by atoms with E-state index in [0.717, 1.165) is 11.3 Å². The van der Waals surface area contributed by atoms with Gasteiger partial charge >= 0.3 is 0 Å². The number of rotatable bonds is 5. The predicted molar refractivity (Wildman–Crippen MR) is 76.3 cm³/mol. The van der Waals surface area contributed by atoms with Crippen molar-refractivity contribution in [3.63, 3.8) is 0 Å². The topological polar surface area (TPSA) is 73.0 Å². The molecule has 2 aromatic rings. The highest BCUT2D eigenvalue weighted by Gasteiger charge is 2.15. The van der Waals surface area contributed by atoms with Crippen LogP contribution in [0.15, 0.2) is 36.5 Å². The van der Waals surface area contributed by atoms with E-state index in [4.69, 9.17) is 0 Å². The van der Waals surface area contributed by atoms with Crippen molar-refractivity contribution in [3.05, 3.63) is 57.9 Å². The molecule has 0 aliphatic rings. The fraction of sp³-hybridized carbons (Fsp3) is 0.357. The first-order valence-corrected chi connectivity index (χ1v) is 6.47. The van der Waals surface area contributed by atoms with Gasteiger partial charge in [0.2, 0.25) is 0 Å². The Bertz CT molecular complexity index is 609. The van der Waals surface area contributed by atoms with Gasteiger partial charge in [-0.15, -0.1) is 0 Å². The number of benzene rings is 1. The van der Waals surface area contributed by atoms with E-state index in [1.165, 1.54) is 6.07 Å². The maximum Gasteiger partial charge on any atom is 0.269 e. The molecule has 0 aliphatic carbocycles. The molecule has 0 spiro atoms. The van der Waals surface area contributed by atoms with Crippen LogP contribution in [-0.2, 0) is 7.05 Å². The lowest BCUT2D eigenvalue weighted by molar-refractivity contribution is -0.384. The van der Waals surface area contributed by atoms with Crippen LogP contribution in [0.5, 0.6) is 0 Å². The average Bonchev–Trinajstić information content (AvgIpc) is 2.85. The smallest absolute Gasteiger partial charge is 0.269 e. The molecule has 6 heteroatoms. The third-order valence-corrected chi connectivity index (χ3v) is 3.38. The normalized spacial score (nSPS) is 13.9. The van der Waals surface area contributed by atoms with Gasteiger partial charge in [-0.3, -0.25) is 14.8 Å². The number of nitro benzene ring substituents is 1. The van der Waals surface area contributed by atoms with Crippen LogP contribution in [0.2, 0.25) is 0 Å². The SMILES string of the molecule is CC(NC(C)c1ccnn1C)c1cccc([N+](=O)[O-])c1. The van der Waals surface area contributed by atoms with E-state index < -0.39 is 0 Å². The van der Waals surface area contributed by atoms with Crippen LogP contribution < -0.4 is 5.32 Å². The summed E-state index contributed by atoms with van der Waals surface area (Å²) >= 11 is 0. The Hall–Kier alpha value is -2.21. The summed E-state index contributed by atoms with van der Waals surface area (Å²) in [5.74, 6) is 0. The van der Waals surface area contributed by atoms with Gasteiger partial charge in [0.15, 0.2) is 0 Å². The molecule has 2 atom stereocenters. The van der Waals surface area contributed by atoms with Gasteiger partial charge in [-0.1, -0.05) is 12.1 Å². The van der Waals surface area contributed by atoms with Crippen molar-refractivity contribution in [2.75, 3.05) is 0 Å². The summed E-state index contributed by atoms with van der Waals surface area (Å²) < 4.78 is 1.82. The fourth-order valence-corrected chi connectivity index (χ4v) is 2.27. The number of aromatic nitrogens is 2. The molecular formula is C14H18N4O2.